The number of hydrogen-bond donors (Lipinski definition) is 1. The predicted octanol–water partition coefficient (Wildman–Crippen LogP) is 1.35. The van der Waals surface area contributed by atoms with Crippen LogP contribution in [0.15, 0.2) is 0 Å². The maximum Gasteiger partial charge on any atom is 0.0192 e. The normalized spacial score (nSPS) is 33.2. The van der Waals surface area contributed by atoms with Gasteiger partial charge in [0.25, 0.3) is 0 Å². The van der Waals surface area contributed by atoms with E-state index >= 15 is 0 Å². The largest absolute Gasteiger partial charge is 0.327 e. The Morgan fingerprint density at radius 2 is 2.20 bits per heavy atom. The van der Waals surface area contributed by atoms with E-state index in [0.717, 1.165) is 17.9 Å². The van der Waals surface area contributed by atoms with Crippen molar-refractivity contribution in [1.29, 1.82) is 0 Å². The summed E-state index contributed by atoms with van der Waals surface area (Å²) in [7, 11) is 3.74. The summed E-state index contributed by atoms with van der Waals surface area (Å²) in [5, 5.41) is 0. The molecule has 3 heteroatoms. The molecule has 1 fully saturated rings. The van der Waals surface area contributed by atoms with Crippen molar-refractivity contribution in [2.75, 3.05) is 11.5 Å². The molecule has 1 nitrogen and oxygen atoms in total. The van der Waals surface area contributed by atoms with Gasteiger partial charge in [0, 0.05) is 24.0 Å². The van der Waals surface area contributed by atoms with E-state index in [0.29, 0.717) is 12.0 Å². The molecule has 0 aliphatic carbocycles. The maximum atomic E-state index is 5.84. The first-order valence-electron chi connectivity index (χ1n) is 3.28. The van der Waals surface area contributed by atoms with Crippen LogP contribution in [0.2, 0.25) is 0 Å². The van der Waals surface area contributed by atoms with Gasteiger partial charge in [0.05, 0.1) is 0 Å². The smallest absolute Gasteiger partial charge is 0.0192 e. The Morgan fingerprint density at radius 1 is 1.50 bits per heavy atom. The molecule has 1 heterocycles. The van der Waals surface area contributed by atoms with Gasteiger partial charge in [-0.05, 0) is 5.92 Å². The highest BCUT2D eigenvalue weighted by atomic mass is 33.1. The Labute approximate surface area is 69.9 Å². The first kappa shape index (κ1) is 8.32. The molecule has 0 radical (unpaired) electrons. The van der Waals surface area contributed by atoms with Crippen molar-refractivity contribution >= 4 is 21.6 Å². The van der Waals surface area contributed by atoms with E-state index < -0.39 is 0 Å². The Kier molecular flexibility index (Phi) is 3.47. The lowest BCUT2D eigenvalue weighted by Crippen LogP contribution is -2.35. The first-order valence-corrected chi connectivity index (χ1v) is 5.77. The number of terminal acetylenes is 1. The van der Waals surface area contributed by atoms with Gasteiger partial charge in [-0.3, -0.25) is 0 Å². The van der Waals surface area contributed by atoms with Crippen LogP contribution in [0.5, 0.6) is 0 Å². The van der Waals surface area contributed by atoms with Gasteiger partial charge < -0.3 is 5.73 Å². The molecule has 0 aromatic carbocycles. The molecule has 0 spiro atoms. The van der Waals surface area contributed by atoms with Crippen LogP contribution in [0.3, 0.4) is 0 Å². The van der Waals surface area contributed by atoms with Crippen molar-refractivity contribution in [2.45, 2.75) is 12.5 Å². The van der Waals surface area contributed by atoms with Crippen molar-refractivity contribution in [3.63, 3.8) is 0 Å². The van der Waals surface area contributed by atoms with Gasteiger partial charge >= 0.3 is 0 Å². The molecular formula is C7H11NS2. The fourth-order valence-corrected chi connectivity index (χ4v) is 3.62. The summed E-state index contributed by atoms with van der Waals surface area (Å²) in [5.41, 5.74) is 5.84. The van der Waals surface area contributed by atoms with Gasteiger partial charge in [-0.2, -0.15) is 0 Å². The van der Waals surface area contributed by atoms with Crippen molar-refractivity contribution in [3.8, 4) is 12.3 Å². The molecule has 0 amide bonds. The molecule has 0 aromatic heterocycles. The summed E-state index contributed by atoms with van der Waals surface area (Å²) in [6, 6.07) is 0.322. The average molecular weight is 173 g/mol. The van der Waals surface area contributed by atoms with Crippen LogP contribution >= 0.6 is 21.6 Å². The third kappa shape index (κ3) is 2.12. The van der Waals surface area contributed by atoms with Gasteiger partial charge in [0.15, 0.2) is 0 Å². The molecule has 1 aliphatic rings. The van der Waals surface area contributed by atoms with Crippen LogP contribution < -0.4 is 5.73 Å². The lowest BCUT2D eigenvalue weighted by Gasteiger charge is -2.25. The summed E-state index contributed by atoms with van der Waals surface area (Å²) in [5.74, 6) is 5.39. The van der Waals surface area contributed by atoms with Crippen LogP contribution in [-0.2, 0) is 0 Å². The van der Waals surface area contributed by atoms with Gasteiger partial charge in [0.2, 0.25) is 0 Å². The van der Waals surface area contributed by atoms with Crippen LogP contribution in [0, 0.1) is 18.3 Å². The minimum Gasteiger partial charge on any atom is -0.327 e. The monoisotopic (exact) mass is 173 g/mol. The Hall–Kier alpha value is 0.220. The topological polar surface area (TPSA) is 26.0 Å². The van der Waals surface area contributed by atoms with Gasteiger partial charge in [-0.15, -0.1) is 12.3 Å². The lowest BCUT2D eigenvalue weighted by molar-refractivity contribution is 0.509. The second kappa shape index (κ2) is 4.17. The van der Waals surface area contributed by atoms with E-state index in [1.165, 1.54) is 0 Å². The zero-order valence-electron chi connectivity index (χ0n) is 5.75. The Balaban J connectivity index is 2.34. The standard InChI is InChI=1S/C7H11NS2/c1-2-3-6-4-9-10-5-7(6)8/h1,6-7H,3-5,8H2. The first-order chi connectivity index (χ1) is 4.84. The summed E-state index contributed by atoms with van der Waals surface area (Å²) in [6.45, 7) is 0. The van der Waals surface area contributed by atoms with Crippen LogP contribution in [0.25, 0.3) is 0 Å². The molecule has 0 saturated carbocycles. The van der Waals surface area contributed by atoms with E-state index in [-0.39, 0.29) is 0 Å². The number of rotatable bonds is 1. The molecule has 56 valence electrons. The minimum absolute atomic E-state index is 0.322. The number of hydrogen-bond acceptors (Lipinski definition) is 3. The summed E-state index contributed by atoms with van der Waals surface area (Å²) in [4.78, 5) is 0. The van der Waals surface area contributed by atoms with E-state index in [4.69, 9.17) is 12.2 Å². The van der Waals surface area contributed by atoms with Crippen molar-refractivity contribution in [1.82, 2.24) is 0 Å². The summed E-state index contributed by atoms with van der Waals surface area (Å²) < 4.78 is 0. The van der Waals surface area contributed by atoms with Crippen LogP contribution in [0.1, 0.15) is 6.42 Å². The van der Waals surface area contributed by atoms with Crippen molar-refractivity contribution in [2.24, 2.45) is 11.7 Å². The summed E-state index contributed by atoms with van der Waals surface area (Å²) >= 11 is 0. The van der Waals surface area contributed by atoms with Crippen LogP contribution in [-0.4, -0.2) is 17.5 Å². The molecule has 2 atom stereocenters. The molecule has 2 N–H and O–H groups in total. The molecule has 0 bridgehead atoms. The fourth-order valence-electron chi connectivity index (χ4n) is 0.884. The average Bonchev–Trinajstić information content (AvgIpc) is 1.94. The summed E-state index contributed by atoms with van der Waals surface area (Å²) in [6.07, 6.45) is 6.04. The maximum absolute atomic E-state index is 5.84. The second-order valence-corrected chi connectivity index (χ2v) is 4.95. The van der Waals surface area contributed by atoms with Gasteiger partial charge in [0.1, 0.15) is 0 Å². The molecule has 2 unspecified atom stereocenters. The zero-order chi connectivity index (χ0) is 7.40. The third-order valence-electron chi connectivity index (χ3n) is 1.61. The van der Waals surface area contributed by atoms with Gasteiger partial charge in [-0.25, -0.2) is 0 Å². The van der Waals surface area contributed by atoms with Gasteiger partial charge in [-0.1, -0.05) is 21.6 Å². The van der Waals surface area contributed by atoms with E-state index in [1.54, 1.807) is 0 Å². The lowest BCUT2D eigenvalue weighted by atomic mass is 10.0. The van der Waals surface area contributed by atoms with E-state index in [2.05, 4.69) is 5.92 Å². The number of nitrogens with two attached hydrogens (primary N) is 1. The molecule has 0 aromatic rings. The zero-order valence-corrected chi connectivity index (χ0v) is 7.38. The predicted molar refractivity (Wildman–Crippen MR) is 49.8 cm³/mol. The molecular weight excluding hydrogens is 162 g/mol. The van der Waals surface area contributed by atoms with E-state index in [1.807, 2.05) is 21.6 Å². The Bertz CT molecular complexity index is 141. The highest BCUT2D eigenvalue weighted by molar-refractivity contribution is 8.76. The quantitative estimate of drug-likeness (QED) is 0.479. The fraction of sp³-hybridized carbons (Fsp3) is 0.714. The van der Waals surface area contributed by atoms with Crippen molar-refractivity contribution < 1.29 is 0 Å². The van der Waals surface area contributed by atoms with Crippen molar-refractivity contribution in [3.05, 3.63) is 0 Å². The highest BCUT2D eigenvalue weighted by Crippen LogP contribution is 2.33. The molecule has 1 saturated heterocycles. The Morgan fingerprint density at radius 3 is 2.80 bits per heavy atom. The molecule has 10 heavy (non-hydrogen) atoms. The second-order valence-electron chi connectivity index (χ2n) is 2.40. The SMILES string of the molecule is C#CCC1CSSCC1N. The van der Waals surface area contributed by atoms with Crippen LogP contribution in [0.4, 0.5) is 0 Å². The third-order valence-corrected chi connectivity index (χ3v) is 4.18. The molecule has 1 rings (SSSR count). The molecule has 1 aliphatic heterocycles. The highest BCUT2D eigenvalue weighted by Gasteiger charge is 2.21. The minimum atomic E-state index is 0.322. The van der Waals surface area contributed by atoms with E-state index in [9.17, 15) is 0 Å².